The van der Waals surface area contributed by atoms with E-state index in [1.807, 2.05) is 38.1 Å². The van der Waals surface area contributed by atoms with E-state index in [9.17, 15) is 4.79 Å². The summed E-state index contributed by atoms with van der Waals surface area (Å²) < 4.78 is 9.64. The predicted molar refractivity (Wildman–Crippen MR) is 77.5 cm³/mol. The molecule has 5 heteroatoms. The molecule has 1 aliphatic carbocycles. The SMILES string of the molecule is CC(C)c1nnsc1C(=O)c1cccc(OC2CC2)c1. The van der Waals surface area contributed by atoms with Crippen molar-refractivity contribution in [3.05, 3.63) is 40.4 Å². The van der Waals surface area contributed by atoms with Crippen molar-refractivity contribution < 1.29 is 9.53 Å². The van der Waals surface area contributed by atoms with Crippen LogP contribution in [0.15, 0.2) is 24.3 Å². The number of benzene rings is 1. The maximum atomic E-state index is 12.6. The summed E-state index contributed by atoms with van der Waals surface area (Å²) in [5.41, 5.74) is 1.41. The van der Waals surface area contributed by atoms with Crippen molar-refractivity contribution in [3.8, 4) is 5.75 Å². The van der Waals surface area contributed by atoms with E-state index in [0.717, 1.165) is 35.8 Å². The lowest BCUT2D eigenvalue weighted by molar-refractivity contribution is 0.104. The molecule has 0 spiro atoms. The van der Waals surface area contributed by atoms with E-state index in [1.165, 1.54) is 0 Å². The fraction of sp³-hybridized carbons (Fsp3) is 0.400. The highest BCUT2D eigenvalue weighted by Gasteiger charge is 2.24. The monoisotopic (exact) mass is 288 g/mol. The molecular formula is C15H16N2O2S. The Hall–Kier alpha value is -1.75. The summed E-state index contributed by atoms with van der Waals surface area (Å²) in [5, 5.41) is 4.06. The highest BCUT2D eigenvalue weighted by Crippen LogP contribution is 2.28. The lowest BCUT2D eigenvalue weighted by Crippen LogP contribution is -2.05. The molecule has 1 saturated carbocycles. The summed E-state index contributed by atoms with van der Waals surface area (Å²) in [6.07, 6.45) is 2.54. The number of ether oxygens (including phenoxy) is 1. The largest absolute Gasteiger partial charge is 0.490 e. The molecular weight excluding hydrogens is 272 g/mol. The molecule has 1 fully saturated rings. The van der Waals surface area contributed by atoms with Gasteiger partial charge < -0.3 is 4.74 Å². The number of hydrogen-bond donors (Lipinski definition) is 0. The van der Waals surface area contributed by atoms with E-state index in [4.69, 9.17) is 4.74 Å². The highest BCUT2D eigenvalue weighted by molar-refractivity contribution is 7.08. The summed E-state index contributed by atoms with van der Waals surface area (Å²) in [6.45, 7) is 4.03. The van der Waals surface area contributed by atoms with Gasteiger partial charge in [0.1, 0.15) is 10.6 Å². The van der Waals surface area contributed by atoms with Crippen LogP contribution >= 0.6 is 11.5 Å². The third-order valence-electron chi connectivity index (χ3n) is 3.19. The van der Waals surface area contributed by atoms with Crippen molar-refractivity contribution in [2.24, 2.45) is 0 Å². The van der Waals surface area contributed by atoms with Gasteiger partial charge in [-0.3, -0.25) is 4.79 Å². The normalized spacial score (nSPS) is 14.6. The Kier molecular flexibility index (Phi) is 3.53. The molecule has 0 bridgehead atoms. The smallest absolute Gasteiger partial charge is 0.206 e. The Bertz CT molecular complexity index is 632. The molecule has 1 heterocycles. The first kappa shape index (κ1) is 13.2. The average Bonchev–Trinajstić information content (AvgIpc) is 3.10. The lowest BCUT2D eigenvalue weighted by Gasteiger charge is -2.07. The molecule has 0 saturated heterocycles. The molecule has 4 nitrogen and oxygen atoms in total. The van der Waals surface area contributed by atoms with Crippen LogP contribution in [-0.2, 0) is 0 Å². The Morgan fingerprint density at radius 2 is 2.20 bits per heavy atom. The van der Waals surface area contributed by atoms with Crippen LogP contribution in [0.3, 0.4) is 0 Å². The molecule has 2 aromatic rings. The van der Waals surface area contributed by atoms with Crippen LogP contribution in [0.25, 0.3) is 0 Å². The fourth-order valence-corrected chi connectivity index (χ4v) is 2.73. The fourth-order valence-electron chi connectivity index (χ4n) is 1.95. The number of rotatable bonds is 5. The second kappa shape index (κ2) is 5.32. The number of nitrogens with zero attached hydrogens (tertiary/aromatic N) is 2. The average molecular weight is 288 g/mol. The van der Waals surface area contributed by atoms with Gasteiger partial charge in [-0.05, 0) is 42.4 Å². The minimum atomic E-state index is -0.0232. The van der Waals surface area contributed by atoms with Gasteiger partial charge in [-0.25, -0.2) is 0 Å². The second-order valence-corrected chi connectivity index (χ2v) is 6.07. The molecule has 0 radical (unpaired) electrons. The van der Waals surface area contributed by atoms with Crippen LogP contribution in [0.2, 0.25) is 0 Å². The van der Waals surface area contributed by atoms with Crippen molar-refractivity contribution in [3.63, 3.8) is 0 Å². The molecule has 104 valence electrons. The van der Waals surface area contributed by atoms with Gasteiger partial charge in [0.25, 0.3) is 0 Å². The summed E-state index contributed by atoms with van der Waals surface area (Å²) in [6, 6.07) is 7.37. The van der Waals surface area contributed by atoms with Crippen molar-refractivity contribution in [1.82, 2.24) is 9.59 Å². The highest BCUT2D eigenvalue weighted by atomic mass is 32.1. The zero-order valence-electron chi connectivity index (χ0n) is 11.5. The van der Waals surface area contributed by atoms with Crippen LogP contribution in [0.1, 0.15) is 53.5 Å². The maximum Gasteiger partial charge on any atom is 0.206 e. The quantitative estimate of drug-likeness (QED) is 0.791. The van der Waals surface area contributed by atoms with Gasteiger partial charge in [0.15, 0.2) is 0 Å². The molecule has 1 aromatic heterocycles. The number of aromatic nitrogens is 2. The van der Waals surface area contributed by atoms with Crippen molar-refractivity contribution in [1.29, 1.82) is 0 Å². The maximum absolute atomic E-state index is 12.6. The first-order valence-corrected chi connectivity index (χ1v) is 7.56. The van der Waals surface area contributed by atoms with Crippen molar-refractivity contribution in [2.75, 3.05) is 0 Å². The zero-order valence-corrected chi connectivity index (χ0v) is 12.3. The second-order valence-electron chi connectivity index (χ2n) is 5.32. The molecule has 1 aliphatic rings. The molecule has 0 unspecified atom stereocenters. The van der Waals surface area contributed by atoms with Gasteiger partial charge >= 0.3 is 0 Å². The first-order chi connectivity index (χ1) is 9.65. The summed E-state index contributed by atoms with van der Waals surface area (Å²) in [5.74, 6) is 0.936. The number of hydrogen-bond acceptors (Lipinski definition) is 5. The molecule has 3 rings (SSSR count). The molecule has 0 N–H and O–H groups in total. The molecule has 0 atom stereocenters. The number of ketones is 1. The van der Waals surface area contributed by atoms with E-state index >= 15 is 0 Å². The van der Waals surface area contributed by atoms with Crippen LogP contribution in [-0.4, -0.2) is 21.5 Å². The van der Waals surface area contributed by atoms with E-state index in [2.05, 4.69) is 9.59 Å². The molecule has 0 amide bonds. The van der Waals surface area contributed by atoms with Gasteiger partial charge in [0, 0.05) is 5.56 Å². The summed E-state index contributed by atoms with van der Waals surface area (Å²) >= 11 is 1.16. The van der Waals surface area contributed by atoms with E-state index in [0.29, 0.717) is 16.5 Å². The minimum absolute atomic E-state index is 0.0232. The van der Waals surface area contributed by atoms with Crippen molar-refractivity contribution >= 4 is 17.3 Å². The van der Waals surface area contributed by atoms with Gasteiger partial charge in [-0.15, -0.1) is 5.10 Å². The Labute approximate surface area is 122 Å². The van der Waals surface area contributed by atoms with Gasteiger partial charge in [0.2, 0.25) is 5.78 Å². The summed E-state index contributed by atoms with van der Waals surface area (Å²) in [4.78, 5) is 13.2. The van der Waals surface area contributed by atoms with E-state index < -0.39 is 0 Å². The van der Waals surface area contributed by atoms with Crippen molar-refractivity contribution in [2.45, 2.75) is 38.7 Å². The lowest BCUT2D eigenvalue weighted by atomic mass is 10.0. The van der Waals surface area contributed by atoms with Crippen LogP contribution in [0, 0.1) is 0 Å². The molecule has 20 heavy (non-hydrogen) atoms. The minimum Gasteiger partial charge on any atom is -0.490 e. The topological polar surface area (TPSA) is 52.1 Å². The Morgan fingerprint density at radius 1 is 1.40 bits per heavy atom. The predicted octanol–water partition coefficient (Wildman–Crippen LogP) is 3.43. The van der Waals surface area contributed by atoms with Gasteiger partial charge in [-0.1, -0.05) is 30.5 Å². The van der Waals surface area contributed by atoms with Crippen LogP contribution in [0.5, 0.6) is 5.75 Å². The third kappa shape index (κ3) is 2.72. The van der Waals surface area contributed by atoms with Crippen LogP contribution < -0.4 is 4.74 Å². The summed E-state index contributed by atoms with van der Waals surface area (Å²) in [7, 11) is 0. The Balaban J connectivity index is 1.87. The van der Waals surface area contributed by atoms with E-state index in [-0.39, 0.29) is 11.7 Å². The van der Waals surface area contributed by atoms with Gasteiger partial charge in [0.05, 0.1) is 11.8 Å². The van der Waals surface area contributed by atoms with E-state index in [1.54, 1.807) is 0 Å². The number of carbonyl (C=O) groups is 1. The third-order valence-corrected chi connectivity index (χ3v) is 3.93. The number of carbonyl (C=O) groups excluding carboxylic acids is 1. The van der Waals surface area contributed by atoms with Gasteiger partial charge in [-0.2, -0.15) is 0 Å². The Morgan fingerprint density at radius 3 is 2.90 bits per heavy atom. The first-order valence-electron chi connectivity index (χ1n) is 6.79. The standard InChI is InChI=1S/C15H16N2O2S/c1-9(2)13-15(20-17-16-13)14(18)10-4-3-5-12(8-10)19-11-6-7-11/h3-5,8-9,11H,6-7H2,1-2H3. The zero-order chi connectivity index (χ0) is 14.1. The molecule has 1 aromatic carbocycles. The van der Waals surface area contributed by atoms with Crippen LogP contribution in [0.4, 0.5) is 0 Å². The molecule has 0 aliphatic heterocycles.